The topological polar surface area (TPSA) is 88.1 Å². The number of benzene rings is 1. The number of carbonyl (C=O) groups is 2. The minimum Gasteiger partial charge on any atom is -0.490 e. The van der Waals surface area contributed by atoms with E-state index in [1.807, 2.05) is 0 Å². The van der Waals surface area contributed by atoms with Crippen molar-refractivity contribution < 1.29 is 24.2 Å². The summed E-state index contributed by atoms with van der Waals surface area (Å²) in [5.41, 5.74) is 0.426. The highest BCUT2D eigenvalue weighted by Crippen LogP contribution is 2.37. The summed E-state index contributed by atoms with van der Waals surface area (Å²) >= 11 is 6.23. The van der Waals surface area contributed by atoms with Crippen LogP contribution in [0.4, 0.5) is 5.69 Å². The summed E-state index contributed by atoms with van der Waals surface area (Å²) in [6.07, 6.45) is 2.60. The Labute approximate surface area is 150 Å². The largest absolute Gasteiger partial charge is 0.490 e. The number of anilines is 1. The van der Waals surface area contributed by atoms with Gasteiger partial charge < -0.3 is 19.9 Å². The van der Waals surface area contributed by atoms with E-state index in [4.69, 9.17) is 21.1 Å². The SMILES string of the molecule is CC(C(=O)O)N(CC(=O)Nc1cc2c(cc1Cl)OCCCO2)C1CC1. The van der Waals surface area contributed by atoms with Crippen LogP contribution in [0.25, 0.3) is 0 Å². The lowest BCUT2D eigenvalue weighted by atomic mass is 10.2. The highest BCUT2D eigenvalue weighted by molar-refractivity contribution is 6.34. The van der Waals surface area contributed by atoms with Crippen LogP contribution in [-0.2, 0) is 9.59 Å². The second-order valence-corrected chi connectivity index (χ2v) is 6.70. The van der Waals surface area contributed by atoms with Gasteiger partial charge in [0.25, 0.3) is 0 Å². The van der Waals surface area contributed by atoms with E-state index in [0.29, 0.717) is 35.4 Å². The average molecular weight is 369 g/mol. The van der Waals surface area contributed by atoms with Crippen LogP contribution in [0.5, 0.6) is 11.5 Å². The maximum absolute atomic E-state index is 12.4. The van der Waals surface area contributed by atoms with Gasteiger partial charge >= 0.3 is 5.97 Å². The monoisotopic (exact) mass is 368 g/mol. The molecule has 0 spiro atoms. The van der Waals surface area contributed by atoms with Crippen molar-refractivity contribution >= 4 is 29.2 Å². The van der Waals surface area contributed by atoms with Gasteiger partial charge in [-0.15, -0.1) is 0 Å². The van der Waals surface area contributed by atoms with Crippen LogP contribution in [0, 0.1) is 0 Å². The van der Waals surface area contributed by atoms with Gasteiger partial charge in [-0.3, -0.25) is 14.5 Å². The predicted octanol–water partition coefficient (Wildman–Crippen LogP) is 2.38. The summed E-state index contributed by atoms with van der Waals surface area (Å²) in [7, 11) is 0. The third-order valence-corrected chi connectivity index (χ3v) is 4.62. The van der Waals surface area contributed by atoms with Crippen LogP contribution in [0.15, 0.2) is 12.1 Å². The highest BCUT2D eigenvalue weighted by atomic mass is 35.5. The molecule has 1 unspecified atom stereocenters. The smallest absolute Gasteiger partial charge is 0.320 e. The number of amides is 1. The number of rotatable bonds is 6. The molecule has 0 aromatic heterocycles. The van der Waals surface area contributed by atoms with E-state index in [9.17, 15) is 14.7 Å². The van der Waals surface area contributed by atoms with Gasteiger partial charge in [0.15, 0.2) is 11.5 Å². The van der Waals surface area contributed by atoms with E-state index in [0.717, 1.165) is 19.3 Å². The van der Waals surface area contributed by atoms with Crippen LogP contribution < -0.4 is 14.8 Å². The molecule has 1 amide bonds. The molecule has 0 bridgehead atoms. The molecule has 1 aliphatic carbocycles. The minimum atomic E-state index is -0.937. The van der Waals surface area contributed by atoms with Gasteiger partial charge in [0.1, 0.15) is 6.04 Å². The minimum absolute atomic E-state index is 0.00288. The Kier molecular flexibility index (Phi) is 5.34. The van der Waals surface area contributed by atoms with Crippen molar-refractivity contribution in [2.45, 2.75) is 38.3 Å². The Balaban J connectivity index is 1.70. The third-order valence-electron chi connectivity index (χ3n) is 4.31. The molecule has 25 heavy (non-hydrogen) atoms. The summed E-state index contributed by atoms with van der Waals surface area (Å²) in [6.45, 7) is 2.68. The maximum atomic E-state index is 12.4. The number of ether oxygens (including phenoxy) is 2. The molecular weight excluding hydrogens is 348 g/mol. The molecule has 1 aromatic rings. The van der Waals surface area contributed by atoms with Crippen molar-refractivity contribution in [2.24, 2.45) is 0 Å². The first-order valence-corrected chi connectivity index (χ1v) is 8.71. The molecule has 2 N–H and O–H groups in total. The van der Waals surface area contributed by atoms with Crippen LogP contribution in [-0.4, -0.2) is 53.7 Å². The summed E-state index contributed by atoms with van der Waals surface area (Å²) < 4.78 is 11.2. The normalized spacial score (nSPS) is 17.7. The first kappa shape index (κ1) is 17.8. The van der Waals surface area contributed by atoms with Gasteiger partial charge in [-0.2, -0.15) is 0 Å². The number of halogens is 1. The van der Waals surface area contributed by atoms with Crippen molar-refractivity contribution in [3.63, 3.8) is 0 Å². The molecule has 1 aromatic carbocycles. The first-order chi connectivity index (χ1) is 12.0. The van der Waals surface area contributed by atoms with E-state index >= 15 is 0 Å². The number of carboxylic acids is 1. The molecule has 1 aliphatic heterocycles. The lowest BCUT2D eigenvalue weighted by Gasteiger charge is -2.25. The number of nitrogens with one attached hydrogen (secondary N) is 1. The Morgan fingerprint density at radius 2 is 1.96 bits per heavy atom. The summed E-state index contributed by atoms with van der Waals surface area (Å²) in [6, 6.07) is 2.70. The number of hydrogen-bond acceptors (Lipinski definition) is 5. The zero-order valence-corrected chi connectivity index (χ0v) is 14.7. The molecule has 1 heterocycles. The first-order valence-electron chi connectivity index (χ1n) is 8.33. The Bertz CT molecular complexity index is 677. The Hall–Kier alpha value is -1.99. The van der Waals surface area contributed by atoms with E-state index in [-0.39, 0.29) is 18.5 Å². The number of nitrogens with zero attached hydrogens (tertiary/aromatic N) is 1. The molecule has 8 heteroatoms. The molecule has 1 saturated carbocycles. The molecule has 7 nitrogen and oxygen atoms in total. The fraction of sp³-hybridized carbons (Fsp3) is 0.529. The van der Waals surface area contributed by atoms with Gasteiger partial charge in [-0.1, -0.05) is 11.6 Å². The van der Waals surface area contributed by atoms with Crippen molar-refractivity contribution in [1.29, 1.82) is 0 Å². The Morgan fingerprint density at radius 3 is 2.56 bits per heavy atom. The van der Waals surface area contributed by atoms with Crippen LogP contribution in [0.3, 0.4) is 0 Å². The maximum Gasteiger partial charge on any atom is 0.320 e. The standard InChI is InChI=1S/C17H21ClN2O5/c1-10(17(22)23)20(11-3-4-11)9-16(21)19-13-8-15-14(7-12(13)18)24-5-2-6-25-15/h7-8,10-11H,2-6,9H2,1H3,(H,19,21)(H,22,23). The molecule has 3 rings (SSSR count). The zero-order chi connectivity index (χ0) is 18.0. The molecule has 0 saturated heterocycles. The molecule has 136 valence electrons. The highest BCUT2D eigenvalue weighted by Gasteiger charge is 2.36. The Morgan fingerprint density at radius 1 is 1.32 bits per heavy atom. The number of hydrogen-bond donors (Lipinski definition) is 2. The van der Waals surface area contributed by atoms with Crippen LogP contribution in [0.2, 0.25) is 5.02 Å². The van der Waals surface area contributed by atoms with Crippen molar-refractivity contribution in [3.8, 4) is 11.5 Å². The van der Waals surface area contributed by atoms with E-state index in [2.05, 4.69) is 5.32 Å². The lowest BCUT2D eigenvalue weighted by Crippen LogP contribution is -2.44. The average Bonchev–Trinajstić information content (AvgIpc) is 3.39. The summed E-state index contributed by atoms with van der Waals surface area (Å²) in [5.74, 6) is -0.153. The van der Waals surface area contributed by atoms with Crippen molar-refractivity contribution in [3.05, 3.63) is 17.2 Å². The van der Waals surface area contributed by atoms with Crippen LogP contribution in [0.1, 0.15) is 26.2 Å². The lowest BCUT2D eigenvalue weighted by molar-refractivity contribution is -0.143. The van der Waals surface area contributed by atoms with Crippen molar-refractivity contribution in [2.75, 3.05) is 25.1 Å². The van der Waals surface area contributed by atoms with Crippen LogP contribution >= 0.6 is 11.6 Å². The van der Waals surface area contributed by atoms with Gasteiger partial charge in [0.2, 0.25) is 5.91 Å². The molecular formula is C17H21ClN2O5. The van der Waals surface area contributed by atoms with E-state index in [1.165, 1.54) is 0 Å². The summed E-state index contributed by atoms with van der Waals surface area (Å²) in [4.78, 5) is 25.3. The fourth-order valence-corrected chi connectivity index (χ4v) is 2.97. The third kappa shape index (κ3) is 4.35. The predicted molar refractivity (Wildman–Crippen MR) is 92.5 cm³/mol. The zero-order valence-electron chi connectivity index (χ0n) is 14.0. The van der Waals surface area contributed by atoms with Crippen molar-refractivity contribution in [1.82, 2.24) is 4.90 Å². The number of carbonyl (C=O) groups excluding carboxylic acids is 1. The second kappa shape index (κ2) is 7.49. The van der Waals surface area contributed by atoms with Gasteiger partial charge in [-0.25, -0.2) is 0 Å². The molecule has 0 radical (unpaired) electrons. The van der Waals surface area contributed by atoms with Gasteiger partial charge in [-0.05, 0) is 19.8 Å². The summed E-state index contributed by atoms with van der Waals surface area (Å²) in [5, 5.41) is 12.3. The molecule has 1 atom stereocenters. The number of aliphatic carboxylic acids is 1. The fourth-order valence-electron chi connectivity index (χ4n) is 2.77. The van der Waals surface area contributed by atoms with E-state index in [1.54, 1.807) is 24.0 Å². The number of carboxylic acid groups (broad SMARTS) is 1. The molecule has 1 fully saturated rings. The van der Waals surface area contributed by atoms with Gasteiger partial charge in [0, 0.05) is 24.6 Å². The van der Waals surface area contributed by atoms with Gasteiger partial charge in [0.05, 0.1) is 30.5 Å². The number of fused-ring (bicyclic) bond motifs is 1. The van der Waals surface area contributed by atoms with E-state index < -0.39 is 12.0 Å². The molecule has 2 aliphatic rings. The quantitative estimate of drug-likeness (QED) is 0.801. The second-order valence-electron chi connectivity index (χ2n) is 6.30.